The average molecular weight is 429 g/mol. The van der Waals surface area contributed by atoms with Gasteiger partial charge in [0.25, 0.3) is 0 Å². The SMILES string of the molecule is Cc1cc(C(=O)O)ccc1Sc1ccccc1N1CCN(C(=O)OC(C)(C)C)CC1. The number of carboxylic acid groups (broad SMARTS) is 1. The van der Waals surface area contributed by atoms with E-state index in [4.69, 9.17) is 4.74 Å². The largest absolute Gasteiger partial charge is 0.478 e. The number of ether oxygens (including phenoxy) is 1. The number of aryl methyl sites for hydroxylation is 1. The van der Waals surface area contributed by atoms with Crippen molar-refractivity contribution in [2.75, 3.05) is 31.1 Å². The smallest absolute Gasteiger partial charge is 0.410 e. The zero-order valence-corrected chi connectivity index (χ0v) is 18.7. The molecule has 1 aliphatic rings. The van der Waals surface area contributed by atoms with E-state index in [-0.39, 0.29) is 6.09 Å². The van der Waals surface area contributed by atoms with Crippen LogP contribution >= 0.6 is 11.8 Å². The Balaban J connectivity index is 1.71. The molecule has 0 saturated carbocycles. The van der Waals surface area contributed by atoms with Crippen molar-refractivity contribution < 1.29 is 19.4 Å². The van der Waals surface area contributed by atoms with Crippen molar-refractivity contribution >= 4 is 29.5 Å². The van der Waals surface area contributed by atoms with E-state index in [9.17, 15) is 14.7 Å². The number of anilines is 1. The molecule has 1 heterocycles. The van der Waals surface area contributed by atoms with Gasteiger partial charge in [-0.05, 0) is 63.6 Å². The number of aromatic carboxylic acids is 1. The van der Waals surface area contributed by atoms with Crippen LogP contribution in [-0.4, -0.2) is 53.8 Å². The van der Waals surface area contributed by atoms with E-state index in [1.807, 2.05) is 45.9 Å². The van der Waals surface area contributed by atoms with Crippen molar-refractivity contribution in [1.29, 1.82) is 0 Å². The number of carbonyl (C=O) groups excluding carboxylic acids is 1. The minimum atomic E-state index is -0.919. The molecule has 1 amide bonds. The van der Waals surface area contributed by atoms with Crippen LogP contribution in [0.5, 0.6) is 0 Å². The summed E-state index contributed by atoms with van der Waals surface area (Å²) >= 11 is 1.63. The van der Waals surface area contributed by atoms with Crippen molar-refractivity contribution in [3.8, 4) is 0 Å². The Morgan fingerprint density at radius 2 is 1.67 bits per heavy atom. The highest BCUT2D eigenvalue weighted by Gasteiger charge is 2.26. The third kappa shape index (κ3) is 5.48. The molecule has 2 aromatic rings. The lowest BCUT2D eigenvalue weighted by molar-refractivity contribution is 0.0240. The van der Waals surface area contributed by atoms with E-state index < -0.39 is 11.6 Å². The Morgan fingerprint density at radius 3 is 2.27 bits per heavy atom. The predicted octanol–water partition coefficient (Wildman–Crippen LogP) is 4.90. The van der Waals surface area contributed by atoms with E-state index in [1.54, 1.807) is 28.8 Å². The molecule has 0 atom stereocenters. The summed E-state index contributed by atoms with van der Waals surface area (Å²) in [5.41, 5.74) is 1.85. The van der Waals surface area contributed by atoms with Gasteiger partial charge in [-0.25, -0.2) is 9.59 Å². The van der Waals surface area contributed by atoms with Gasteiger partial charge in [-0.2, -0.15) is 0 Å². The second-order valence-corrected chi connectivity index (χ2v) is 9.39. The number of para-hydroxylation sites is 1. The molecule has 0 radical (unpaired) electrons. The van der Waals surface area contributed by atoms with Gasteiger partial charge in [0.1, 0.15) is 5.60 Å². The summed E-state index contributed by atoms with van der Waals surface area (Å²) in [5, 5.41) is 9.18. The number of rotatable bonds is 4. The molecule has 0 bridgehead atoms. The molecule has 6 nitrogen and oxygen atoms in total. The monoisotopic (exact) mass is 428 g/mol. The van der Waals surface area contributed by atoms with Crippen LogP contribution in [0.2, 0.25) is 0 Å². The summed E-state index contributed by atoms with van der Waals surface area (Å²) in [5.74, 6) is -0.919. The van der Waals surface area contributed by atoms with Crippen molar-refractivity contribution in [2.45, 2.75) is 43.1 Å². The number of benzene rings is 2. The Morgan fingerprint density at radius 1 is 1.00 bits per heavy atom. The topological polar surface area (TPSA) is 70.1 Å². The first-order valence-electron chi connectivity index (χ1n) is 9.98. The molecule has 1 fully saturated rings. The second kappa shape index (κ2) is 9.00. The average Bonchev–Trinajstić information content (AvgIpc) is 2.68. The Labute approximate surface area is 181 Å². The molecular formula is C23H28N2O4S. The third-order valence-corrected chi connectivity index (χ3v) is 6.02. The van der Waals surface area contributed by atoms with Gasteiger partial charge in [0.2, 0.25) is 0 Å². The zero-order valence-electron chi connectivity index (χ0n) is 17.8. The van der Waals surface area contributed by atoms with Crippen molar-refractivity contribution in [3.63, 3.8) is 0 Å². The molecule has 2 aromatic carbocycles. The van der Waals surface area contributed by atoms with Crippen molar-refractivity contribution in [1.82, 2.24) is 4.90 Å². The molecule has 0 aromatic heterocycles. The van der Waals surface area contributed by atoms with Gasteiger partial charge in [-0.15, -0.1) is 0 Å². The fraction of sp³-hybridized carbons (Fsp3) is 0.391. The zero-order chi connectivity index (χ0) is 21.9. The Kier molecular flexibility index (Phi) is 6.61. The van der Waals surface area contributed by atoms with Gasteiger partial charge in [0, 0.05) is 36.0 Å². The number of hydrogen-bond donors (Lipinski definition) is 1. The summed E-state index contributed by atoms with van der Waals surface area (Å²) < 4.78 is 5.48. The Bertz CT molecular complexity index is 931. The number of hydrogen-bond acceptors (Lipinski definition) is 5. The third-order valence-electron chi connectivity index (χ3n) is 4.78. The number of nitrogens with zero attached hydrogens (tertiary/aromatic N) is 2. The Hall–Kier alpha value is -2.67. The summed E-state index contributed by atoms with van der Waals surface area (Å²) in [4.78, 5) is 29.7. The molecule has 1 N–H and O–H groups in total. The van der Waals surface area contributed by atoms with E-state index in [0.717, 1.165) is 34.1 Å². The van der Waals surface area contributed by atoms with Gasteiger partial charge >= 0.3 is 12.1 Å². The van der Waals surface area contributed by atoms with Crippen LogP contribution in [0.4, 0.5) is 10.5 Å². The van der Waals surface area contributed by atoms with Crippen LogP contribution in [-0.2, 0) is 4.74 Å². The second-order valence-electron chi connectivity index (χ2n) is 8.31. The highest BCUT2D eigenvalue weighted by Crippen LogP contribution is 2.37. The minimum absolute atomic E-state index is 0.265. The maximum atomic E-state index is 12.3. The van der Waals surface area contributed by atoms with Crippen LogP contribution in [0.1, 0.15) is 36.7 Å². The van der Waals surface area contributed by atoms with E-state index in [0.29, 0.717) is 18.7 Å². The number of piperazine rings is 1. The molecule has 1 aliphatic heterocycles. The molecule has 1 saturated heterocycles. The van der Waals surface area contributed by atoms with Crippen molar-refractivity contribution in [2.24, 2.45) is 0 Å². The number of carbonyl (C=O) groups is 2. The van der Waals surface area contributed by atoms with Gasteiger partial charge < -0.3 is 19.6 Å². The molecule has 3 rings (SSSR count). The standard InChI is InChI=1S/C23H28N2O4S/c1-16-15-17(21(26)27)9-10-19(16)30-20-8-6-5-7-18(20)24-11-13-25(14-12-24)22(28)29-23(2,3)4/h5-10,15H,11-14H2,1-4H3,(H,26,27). The van der Waals surface area contributed by atoms with E-state index in [2.05, 4.69) is 17.0 Å². The van der Waals surface area contributed by atoms with Gasteiger partial charge in [-0.1, -0.05) is 23.9 Å². The van der Waals surface area contributed by atoms with Gasteiger partial charge in [0.15, 0.2) is 0 Å². The first-order valence-corrected chi connectivity index (χ1v) is 10.8. The van der Waals surface area contributed by atoms with E-state index >= 15 is 0 Å². The fourth-order valence-corrected chi connectivity index (χ4v) is 4.32. The van der Waals surface area contributed by atoms with Crippen LogP contribution in [0.15, 0.2) is 52.3 Å². The fourth-order valence-electron chi connectivity index (χ4n) is 3.28. The molecule has 30 heavy (non-hydrogen) atoms. The number of carboxylic acids is 1. The summed E-state index contributed by atoms with van der Waals surface area (Å²) in [6.07, 6.45) is -0.265. The highest BCUT2D eigenvalue weighted by atomic mass is 32.2. The first kappa shape index (κ1) is 22.0. The molecule has 7 heteroatoms. The van der Waals surface area contributed by atoms with Crippen LogP contribution < -0.4 is 4.90 Å². The van der Waals surface area contributed by atoms with Crippen LogP contribution in [0.25, 0.3) is 0 Å². The van der Waals surface area contributed by atoms with Gasteiger partial charge in [-0.3, -0.25) is 0 Å². The summed E-state index contributed by atoms with van der Waals surface area (Å²) in [6.45, 7) is 10.2. The maximum Gasteiger partial charge on any atom is 0.410 e. The van der Waals surface area contributed by atoms with Crippen molar-refractivity contribution in [3.05, 3.63) is 53.6 Å². The van der Waals surface area contributed by atoms with Gasteiger partial charge in [0.05, 0.1) is 11.3 Å². The normalized spacial score (nSPS) is 14.5. The number of amides is 1. The lowest BCUT2D eigenvalue weighted by Crippen LogP contribution is -2.50. The molecule has 0 spiro atoms. The molecule has 0 unspecified atom stereocenters. The van der Waals surface area contributed by atoms with E-state index in [1.165, 1.54) is 0 Å². The maximum absolute atomic E-state index is 12.3. The molecular weight excluding hydrogens is 400 g/mol. The minimum Gasteiger partial charge on any atom is -0.478 e. The first-order chi connectivity index (χ1) is 14.1. The quantitative estimate of drug-likeness (QED) is 0.747. The molecule has 160 valence electrons. The van der Waals surface area contributed by atoms with Crippen LogP contribution in [0, 0.1) is 6.92 Å². The summed E-state index contributed by atoms with van der Waals surface area (Å²) in [6, 6.07) is 13.4. The lowest BCUT2D eigenvalue weighted by atomic mass is 10.1. The summed E-state index contributed by atoms with van der Waals surface area (Å²) in [7, 11) is 0. The predicted molar refractivity (Wildman–Crippen MR) is 119 cm³/mol. The van der Waals surface area contributed by atoms with Crippen LogP contribution in [0.3, 0.4) is 0 Å². The molecule has 0 aliphatic carbocycles. The lowest BCUT2D eigenvalue weighted by Gasteiger charge is -2.37. The highest BCUT2D eigenvalue weighted by molar-refractivity contribution is 7.99.